The van der Waals surface area contributed by atoms with Gasteiger partial charge < -0.3 is 10.4 Å². The monoisotopic (exact) mass is 376 g/mol. The van der Waals surface area contributed by atoms with Crippen molar-refractivity contribution in [3.63, 3.8) is 0 Å². The molecule has 0 aliphatic heterocycles. The van der Waals surface area contributed by atoms with Gasteiger partial charge >= 0.3 is 0 Å². The SMILES string of the molecule is O=[N+]([O-])c1ccc(NC2(CO)CCCCC2)c(I)c1. The van der Waals surface area contributed by atoms with Crippen LogP contribution >= 0.6 is 22.6 Å². The summed E-state index contributed by atoms with van der Waals surface area (Å²) in [5, 5.41) is 23.8. The third-order valence-corrected chi connectivity index (χ3v) is 4.57. The van der Waals surface area contributed by atoms with E-state index in [1.807, 2.05) is 0 Å². The Balaban J connectivity index is 2.20. The molecule has 6 heteroatoms. The van der Waals surface area contributed by atoms with Crippen LogP contribution in [0.15, 0.2) is 18.2 Å². The van der Waals surface area contributed by atoms with Gasteiger partial charge in [-0.2, -0.15) is 0 Å². The average Bonchev–Trinajstić information content (AvgIpc) is 2.42. The first-order valence-electron chi connectivity index (χ1n) is 6.39. The highest BCUT2D eigenvalue weighted by atomic mass is 127. The predicted octanol–water partition coefficient (Wildman–Crippen LogP) is 3.31. The quantitative estimate of drug-likeness (QED) is 0.480. The molecule has 1 saturated carbocycles. The van der Waals surface area contributed by atoms with E-state index in [0.29, 0.717) is 0 Å². The van der Waals surface area contributed by atoms with Crippen molar-refractivity contribution in [2.24, 2.45) is 0 Å². The minimum Gasteiger partial charge on any atom is -0.394 e. The summed E-state index contributed by atoms with van der Waals surface area (Å²) >= 11 is 2.09. The van der Waals surface area contributed by atoms with E-state index in [1.165, 1.54) is 12.5 Å². The van der Waals surface area contributed by atoms with Crippen LogP contribution in [0.2, 0.25) is 0 Å². The molecule has 1 aromatic carbocycles. The number of aliphatic hydroxyl groups is 1. The van der Waals surface area contributed by atoms with E-state index in [0.717, 1.165) is 34.9 Å². The molecule has 1 aromatic rings. The van der Waals surface area contributed by atoms with Crippen LogP contribution in [-0.4, -0.2) is 22.2 Å². The van der Waals surface area contributed by atoms with Crippen molar-refractivity contribution >= 4 is 34.0 Å². The lowest BCUT2D eigenvalue weighted by atomic mass is 9.82. The van der Waals surface area contributed by atoms with Crippen molar-refractivity contribution in [2.45, 2.75) is 37.6 Å². The first-order chi connectivity index (χ1) is 9.06. The topological polar surface area (TPSA) is 75.4 Å². The number of rotatable bonds is 4. The molecule has 5 nitrogen and oxygen atoms in total. The molecule has 0 atom stereocenters. The van der Waals surface area contributed by atoms with Crippen LogP contribution in [0, 0.1) is 13.7 Å². The lowest BCUT2D eigenvalue weighted by molar-refractivity contribution is -0.384. The minimum absolute atomic E-state index is 0.0941. The highest BCUT2D eigenvalue weighted by molar-refractivity contribution is 14.1. The van der Waals surface area contributed by atoms with Crippen LogP contribution in [0.25, 0.3) is 0 Å². The number of hydrogen-bond acceptors (Lipinski definition) is 4. The summed E-state index contributed by atoms with van der Waals surface area (Å²) in [5.74, 6) is 0. The van der Waals surface area contributed by atoms with Crippen LogP contribution in [0.3, 0.4) is 0 Å². The van der Waals surface area contributed by atoms with E-state index < -0.39 is 4.92 Å². The molecule has 0 unspecified atom stereocenters. The second-order valence-electron chi connectivity index (χ2n) is 5.05. The van der Waals surface area contributed by atoms with Crippen molar-refractivity contribution in [1.29, 1.82) is 0 Å². The summed E-state index contributed by atoms with van der Waals surface area (Å²) in [4.78, 5) is 10.3. The number of nitrogens with one attached hydrogen (secondary N) is 1. The summed E-state index contributed by atoms with van der Waals surface area (Å²) < 4.78 is 0.810. The van der Waals surface area contributed by atoms with E-state index in [1.54, 1.807) is 12.1 Å². The molecule has 0 saturated heterocycles. The molecular weight excluding hydrogens is 359 g/mol. The van der Waals surface area contributed by atoms with E-state index in [4.69, 9.17) is 0 Å². The first kappa shape index (κ1) is 14.5. The molecular formula is C13H17IN2O3. The van der Waals surface area contributed by atoms with Gasteiger partial charge in [-0.3, -0.25) is 10.1 Å². The molecule has 1 aliphatic rings. The molecule has 0 aromatic heterocycles. The van der Waals surface area contributed by atoms with Gasteiger partial charge in [0.15, 0.2) is 0 Å². The summed E-state index contributed by atoms with van der Waals surface area (Å²) in [5.41, 5.74) is 0.688. The van der Waals surface area contributed by atoms with Crippen molar-refractivity contribution in [2.75, 3.05) is 11.9 Å². The van der Waals surface area contributed by atoms with Crippen LogP contribution in [0.5, 0.6) is 0 Å². The zero-order valence-corrected chi connectivity index (χ0v) is 12.7. The van der Waals surface area contributed by atoms with Gasteiger partial charge in [-0.25, -0.2) is 0 Å². The van der Waals surface area contributed by atoms with Gasteiger partial charge in [-0.05, 0) is 41.5 Å². The molecule has 2 rings (SSSR count). The van der Waals surface area contributed by atoms with E-state index >= 15 is 0 Å². The largest absolute Gasteiger partial charge is 0.394 e. The summed E-state index contributed by atoms with van der Waals surface area (Å²) in [6.07, 6.45) is 5.31. The number of nitrogens with zero attached hydrogens (tertiary/aromatic N) is 1. The molecule has 0 heterocycles. The fourth-order valence-electron chi connectivity index (χ4n) is 2.56. The fraction of sp³-hybridized carbons (Fsp3) is 0.538. The van der Waals surface area contributed by atoms with Gasteiger partial charge in [0.1, 0.15) is 0 Å². The van der Waals surface area contributed by atoms with Gasteiger partial charge in [-0.1, -0.05) is 19.3 Å². The second-order valence-corrected chi connectivity index (χ2v) is 6.21. The highest BCUT2D eigenvalue weighted by Gasteiger charge is 2.31. The Labute approximate surface area is 125 Å². The molecule has 1 aliphatic carbocycles. The number of benzene rings is 1. The summed E-state index contributed by atoms with van der Waals surface area (Å²) in [6.45, 7) is 0.0973. The number of halogens is 1. The second kappa shape index (κ2) is 6.04. The normalized spacial score (nSPS) is 18.0. The molecule has 1 fully saturated rings. The van der Waals surface area contributed by atoms with Gasteiger partial charge in [0.25, 0.3) is 5.69 Å². The maximum Gasteiger partial charge on any atom is 0.270 e. The first-order valence-corrected chi connectivity index (χ1v) is 7.47. The molecule has 0 amide bonds. The zero-order chi connectivity index (χ0) is 13.9. The molecule has 0 bridgehead atoms. The van der Waals surface area contributed by atoms with E-state index in [9.17, 15) is 15.2 Å². The summed E-state index contributed by atoms with van der Waals surface area (Å²) in [6, 6.07) is 4.78. The van der Waals surface area contributed by atoms with Crippen LogP contribution < -0.4 is 5.32 Å². The van der Waals surface area contributed by atoms with Crippen LogP contribution in [0.4, 0.5) is 11.4 Å². The predicted molar refractivity (Wildman–Crippen MR) is 82.3 cm³/mol. The van der Waals surface area contributed by atoms with Gasteiger partial charge in [0.2, 0.25) is 0 Å². The molecule has 104 valence electrons. The van der Waals surface area contributed by atoms with Crippen molar-refractivity contribution in [1.82, 2.24) is 0 Å². The number of non-ortho nitro benzene ring substituents is 1. The highest BCUT2D eigenvalue weighted by Crippen LogP contribution is 2.33. The third kappa shape index (κ3) is 3.36. The molecule has 2 N–H and O–H groups in total. The molecule has 0 spiro atoms. The van der Waals surface area contributed by atoms with E-state index in [-0.39, 0.29) is 17.8 Å². The Bertz CT molecular complexity index is 473. The minimum atomic E-state index is -0.394. The molecule has 0 radical (unpaired) electrons. The zero-order valence-electron chi connectivity index (χ0n) is 10.6. The van der Waals surface area contributed by atoms with Crippen molar-refractivity contribution in [3.8, 4) is 0 Å². The number of hydrogen-bond donors (Lipinski definition) is 2. The van der Waals surface area contributed by atoms with Gasteiger partial charge in [0, 0.05) is 21.4 Å². The molecule has 19 heavy (non-hydrogen) atoms. The Morgan fingerprint density at radius 2 is 2.05 bits per heavy atom. The lowest BCUT2D eigenvalue weighted by Crippen LogP contribution is -2.44. The maximum atomic E-state index is 10.7. The average molecular weight is 376 g/mol. The van der Waals surface area contributed by atoms with Gasteiger partial charge in [0.05, 0.1) is 17.1 Å². The lowest BCUT2D eigenvalue weighted by Gasteiger charge is -2.37. The number of aliphatic hydroxyl groups excluding tert-OH is 1. The summed E-state index contributed by atoms with van der Waals surface area (Å²) in [7, 11) is 0. The number of nitro benzene ring substituents is 1. The number of anilines is 1. The Morgan fingerprint density at radius 3 is 2.58 bits per heavy atom. The Morgan fingerprint density at radius 1 is 1.37 bits per heavy atom. The van der Waals surface area contributed by atoms with Crippen LogP contribution in [0.1, 0.15) is 32.1 Å². The maximum absolute atomic E-state index is 10.7. The van der Waals surface area contributed by atoms with Gasteiger partial charge in [-0.15, -0.1) is 0 Å². The Hall–Kier alpha value is -0.890. The third-order valence-electron chi connectivity index (χ3n) is 3.68. The van der Waals surface area contributed by atoms with Crippen molar-refractivity contribution < 1.29 is 10.0 Å². The van der Waals surface area contributed by atoms with Crippen molar-refractivity contribution in [3.05, 3.63) is 31.9 Å². The fourth-order valence-corrected chi connectivity index (χ4v) is 3.19. The van der Waals surface area contributed by atoms with E-state index in [2.05, 4.69) is 27.9 Å². The Kier molecular flexibility index (Phi) is 4.62. The van der Waals surface area contributed by atoms with Crippen LogP contribution in [-0.2, 0) is 0 Å². The standard InChI is InChI=1S/C13H17IN2O3/c14-11-8-10(16(18)19)4-5-12(11)15-13(9-17)6-2-1-3-7-13/h4-5,8,15,17H,1-3,6-7,9H2. The smallest absolute Gasteiger partial charge is 0.270 e. The number of nitro groups is 1.